The molecule has 5 heteroatoms. The van der Waals surface area contributed by atoms with E-state index in [9.17, 15) is 4.39 Å². The number of benzene rings is 2. The fourth-order valence-electron chi connectivity index (χ4n) is 1.94. The van der Waals surface area contributed by atoms with E-state index in [0.717, 1.165) is 11.1 Å². The molecule has 0 radical (unpaired) electrons. The van der Waals surface area contributed by atoms with E-state index in [1.807, 2.05) is 31.2 Å². The van der Waals surface area contributed by atoms with Gasteiger partial charge in [0.2, 0.25) is 0 Å². The number of rotatable bonds is 5. The fourth-order valence-corrected chi connectivity index (χ4v) is 2.45. The summed E-state index contributed by atoms with van der Waals surface area (Å²) in [7, 11) is 1.58. The Morgan fingerprint density at radius 3 is 2.57 bits per heavy atom. The Morgan fingerprint density at radius 2 is 1.95 bits per heavy atom. The zero-order chi connectivity index (χ0) is 15.4. The highest BCUT2D eigenvalue weighted by Gasteiger charge is 2.09. The number of hydrogen-bond acceptors (Lipinski definition) is 3. The molecule has 3 nitrogen and oxygen atoms in total. The lowest BCUT2D eigenvalue weighted by Gasteiger charge is -2.14. The molecule has 2 aromatic rings. The van der Waals surface area contributed by atoms with Crippen LogP contribution in [0.15, 0.2) is 40.9 Å². The second-order valence-corrected chi connectivity index (χ2v) is 5.68. The maximum absolute atomic E-state index is 13.3. The number of ether oxygens (including phenoxy) is 2. The fraction of sp³-hybridized carbons (Fsp3) is 0.250. The van der Waals surface area contributed by atoms with Gasteiger partial charge in [-0.05, 0) is 48.4 Å². The number of hydrogen-bond donors (Lipinski definition) is 1. The highest BCUT2D eigenvalue weighted by atomic mass is 79.9. The summed E-state index contributed by atoms with van der Waals surface area (Å²) in [6, 6.07) is 10.1. The molecule has 0 aliphatic heterocycles. The number of halogens is 2. The minimum atomic E-state index is -0.303. The normalized spacial score (nSPS) is 12.0. The van der Waals surface area contributed by atoms with E-state index in [-0.39, 0.29) is 18.5 Å². The number of methoxy groups -OCH3 is 1. The van der Waals surface area contributed by atoms with Crippen LogP contribution in [-0.2, 0) is 6.61 Å². The zero-order valence-electron chi connectivity index (χ0n) is 11.9. The van der Waals surface area contributed by atoms with Crippen LogP contribution in [0.3, 0.4) is 0 Å². The van der Waals surface area contributed by atoms with Gasteiger partial charge in [0.15, 0.2) is 11.5 Å². The molecule has 0 amide bonds. The van der Waals surface area contributed by atoms with Crippen molar-refractivity contribution in [2.45, 2.75) is 19.6 Å². The first-order valence-electron chi connectivity index (χ1n) is 6.51. The van der Waals surface area contributed by atoms with E-state index in [2.05, 4.69) is 15.9 Å². The van der Waals surface area contributed by atoms with E-state index in [1.165, 1.54) is 12.1 Å². The lowest BCUT2D eigenvalue weighted by atomic mass is 10.1. The van der Waals surface area contributed by atoms with Gasteiger partial charge < -0.3 is 15.2 Å². The summed E-state index contributed by atoms with van der Waals surface area (Å²) in [5.74, 6) is 0.907. The second-order valence-electron chi connectivity index (χ2n) is 4.77. The molecule has 0 heterocycles. The van der Waals surface area contributed by atoms with Crippen molar-refractivity contribution in [2.75, 3.05) is 7.11 Å². The first-order valence-corrected chi connectivity index (χ1v) is 7.30. The van der Waals surface area contributed by atoms with Crippen LogP contribution >= 0.6 is 15.9 Å². The van der Waals surface area contributed by atoms with Gasteiger partial charge in [0, 0.05) is 10.5 Å². The smallest absolute Gasteiger partial charge is 0.161 e. The van der Waals surface area contributed by atoms with Gasteiger partial charge in [-0.3, -0.25) is 0 Å². The van der Waals surface area contributed by atoms with Gasteiger partial charge in [-0.2, -0.15) is 0 Å². The predicted molar refractivity (Wildman–Crippen MR) is 84.0 cm³/mol. The van der Waals surface area contributed by atoms with Crippen LogP contribution in [0.5, 0.6) is 11.5 Å². The summed E-state index contributed by atoms with van der Waals surface area (Å²) < 4.78 is 25.0. The molecule has 0 fully saturated rings. The molecule has 2 rings (SSSR count). The molecule has 2 aromatic carbocycles. The topological polar surface area (TPSA) is 44.5 Å². The van der Waals surface area contributed by atoms with E-state index in [1.54, 1.807) is 7.11 Å². The van der Waals surface area contributed by atoms with Crippen LogP contribution in [0, 0.1) is 5.82 Å². The van der Waals surface area contributed by atoms with Gasteiger partial charge in [-0.25, -0.2) is 4.39 Å². The van der Waals surface area contributed by atoms with Gasteiger partial charge in [0.25, 0.3) is 0 Å². The minimum Gasteiger partial charge on any atom is -0.493 e. The molecule has 0 saturated heterocycles. The average Bonchev–Trinajstić information content (AvgIpc) is 2.43. The Balaban J connectivity index is 2.15. The van der Waals surface area contributed by atoms with Gasteiger partial charge in [-0.1, -0.05) is 22.0 Å². The van der Waals surface area contributed by atoms with Crippen LogP contribution in [0.1, 0.15) is 24.1 Å². The van der Waals surface area contributed by atoms with Gasteiger partial charge in [0.05, 0.1) is 7.11 Å². The van der Waals surface area contributed by atoms with Crippen molar-refractivity contribution in [3.63, 3.8) is 0 Å². The maximum atomic E-state index is 13.3. The molecule has 2 N–H and O–H groups in total. The molecule has 0 aromatic heterocycles. The van der Waals surface area contributed by atoms with Crippen molar-refractivity contribution >= 4 is 15.9 Å². The van der Waals surface area contributed by atoms with Crippen LogP contribution in [0.25, 0.3) is 0 Å². The minimum absolute atomic E-state index is 0.0767. The quantitative estimate of drug-likeness (QED) is 0.876. The van der Waals surface area contributed by atoms with Gasteiger partial charge in [-0.15, -0.1) is 0 Å². The first kappa shape index (κ1) is 15.8. The van der Waals surface area contributed by atoms with Crippen molar-refractivity contribution in [2.24, 2.45) is 5.73 Å². The third-order valence-electron chi connectivity index (χ3n) is 3.03. The summed E-state index contributed by atoms with van der Waals surface area (Å²) >= 11 is 3.26. The Hall–Kier alpha value is -1.59. The molecular weight excluding hydrogens is 337 g/mol. The van der Waals surface area contributed by atoms with Crippen molar-refractivity contribution < 1.29 is 13.9 Å². The Morgan fingerprint density at radius 1 is 1.19 bits per heavy atom. The third-order valence-corrected chi connectivity index (χ3v) is 3.49. The zero-order valence-corrected chi connectivity index (χ0v) is 13.5. The SMILES string of the molecule is COc1cc([C@@H](C)N)ccc1OCc1cc(F)cc(Br)c1. The summed E-state index contributed by atoms with van der Waals surface area (Å²) in [5.41, 5.74) is 7.54. The van der Waals surface area contributed by atoms with Crippen LogP contribution in [0.2, 0.25) is 0 Å². The third kappa shape index (κ3) is 4.19. The van der Waals surface area contributed by atoms with Gasteiger partial charge >= 0.3 is 0 Å². The predicted octanol–water partition coefficient (Wildman–Crippen LogP) is 4.20. The van der Waals surface area contributed by atoms with Crippen LogP contribution in [-0.4, -0.2) is 7.11 Å². The van der Waals surface area contributed by atoms with E-state index in [0.29, 0.717) is 16.0 Å². The summed E-state index contributed by atoms with van der Waals surface area (Å²) in [5, 5.41) is 0. The monoisotopic (exact) mass is 353 g/mol. The number of nitrogens with two attached hydrogens (primary N) is 1. The van der Waals surface area contributed by atoms with E-state index >= 15 is 0 Å². The highest BCUT2D eigenvalue weighted by Crippen LogP contribution is 2.30. The first-order chi connectivity index (χ1) is 9.99. The van der Waals surface area contributed by atoms with Crippen molar-refractivity contribution in [3.8, 4) is 11.5 Å². The lowest BCUT2D eigenvalue weighted by Crippen LogP contribution is -2.05. The Kier molecular flexibility index (Phi) is 5.20. The molecule has 1 atom stereocenters. The molecule has 0 unspecified atom stereocenters. The van der Waals surface area contributed by atoms with E-state index < -0.39 is 0 Å². The van der Waals surface area contributed by atoms with Crippen molar-refractivity contribution in [1.82, 2.24) is 0 Å². The average molecular weight is 354 g/mol. The summed E-state index contributed by atoms with van der Waals surface area (Å²) in [6.07, 6.45) is 0. The molecule has 0 bridgehead atoms. The Bertz CT molecular complexity index is 611. The summed E-state index contributed by atoms with van der Waals surface area (Å²) in [6.45, 7) is 2.16. The molecule has 21 heavy (non-hydrogen) atoms. The maximum Gasteiger partial charge on any atom is 0.161 e. The van der Waals surface area contributed by atoms with E-state index in [4.69, 9.17) is 15.2 Å². The largest absolute Gasteiger partial charge is 0.493 e. The molecule has 0 aliphatic rings. The standard InChI is InChI=1S/C16H17BrFNO2/c1-10(19)12-3-4-15(16(7-12)20-2)21-9-11-5-13(17)8-14(18)6-11/h3-8,10H,9,19H2,1-2H3/t10-/m1/s1. The van der Waals surface area contributed by atoms with Crippen molar-refractivity contribution in [3.05, 3.63) is 57.8 Å². The second kappa shape index (κ2) is 6.91. The lowest BCUT2D eigenvalue weighted by molar-refractivity contribution is 0.283. The molecule has 0 saturated carbocycles. The molecular formula is C16H17BrFNO2. The Labute approximate surface area is 132 Å². The van der Waals surface area contributed by atoms with Crippen molar-refractivity contribution in [1.29, 1.82) is 0 Å². The molecule has 112 valence electrons. The molecule has 0 spiro atoms. The van der Waals surface area contributed by atoms with Crippen LogP contribution in [0.4, 0.5) is 4.39 Å². The van der Waals surface area contributed by atoms with Crippen LogP contribution < -0.4 is 15.2 Å². The molecule has 0 aliphatic carbocycles. The van der Waals surface area contributed by atoms with Gasteiger partial charge in [0.1, 0.15) is 12.4 Å². The highest BCUT2D eigenvalue weighted by molar-refractivity contribution is 9.10. The summed E-state index contributed by atoms with van der Waals surface area (Å²) in [4.78, 5) is 0.